The summed E-state index contributed by atoms with van der Waals surface area (Å²) in [6.45, 7) is 1.76. The molecule has 3 aromatic rings. The Kier molecular flexibility index (Phi) is 4.52. The fourth-order valence-corrected chi connectivity index (χ4v) is 5.39. The molecule has 7 heteroatoms. The lowest BCUT2D eigenvalue weighted by atomic mass is 9.94. The van der Waals surface area contributed by atoms with Crippen LogP contribution in [0.1, 0.15) is 34.5 Å². The van der Waals surface area contributed by atoms with Crippen LogP contribution in [0, 0.1) is 6.92 Å². The quantitative estimate of drug-likeness (QED) is 0.631. The summed E-state index contributed by atoms with van der Waals surface area (Å²) in [6, 6.07) is 10.7. The highest BCUT2D eigenvalue weighted by atomic mass is 32.2. The lowest BCUT2D eigenvalue weighted by molar-refractivity contribution is 0.0974. The zero-order chi connectivity index (χ0) is 19.2. The zero-order valence-corrected chi connectivity index (χ0v) is 16.8. The first-order valence-corrected chi connectivity index (χ1v) is 11.4. The van der Waals surface area contributed by atoms with Gasteiger partial charge in [-0.1, -0.05) is 6.07 Å². The van der Waals surface area contributed by atoms with Crippen LogP contribution >= 0.6 is 11.8 Å². The van der Waals surface area contributed by atoms with Crippen LogP contribution in [0.2, 0.25) is 0 Å². The molecule has 27 heavy (non-hydrogen) atoms. The van der Waals surface area contributed by atoms with Crippen LogP contribution in [-0.2, 0) is 16.4 Å². The number of aryl methyl sites for hydroxylation is 2. The molecule has 0 saturated carbocycles. The maximum absolute atomic E-state index is 13.0. The van der Waals surface area contributed by atoms with Gasteiger partial charge in [-0.25, -0.2) is 8.42 Å². The molecule has 140 valence electrons. The minimum atomic E-state index is -3.74. The lowest BCUT2D eigenvalue weighted by Gasteiger charge is -2.12. The number of carbonyl (C=O) groups excluding carboxylic acids is 1. The van der Waals surface area contributed by atoms with Gasteiger partial charge in [-0.3, -0.25) is 9.52 Å². The molecule has 1 aromatic heterocycles. The highest BCUT2D eigenvalue weighted by molar-refractivity contribution is 7.98. The van der Waals surface area contributed by atoms with E-state index < -0.39 is 10.0 Å². The van der Waals surface area contributed by atoms with E-state index in [0.29, 0.717) is 23.2 Å². The van der Waals surface area contributed by atoms with Crippen LogP contribution in [0.4, 0.5) is 5.69 Å². The number of Topliss-reactive ketones (excluding diaryl/α,β-unsaturated/α-hetero) is 1. The predicted molar refractivity (Wildman–Crippen MR) is 109 cm³/mol. The minimum absolute atomic E-state index is 0.129. The van der Waals surface area contributed by atoms with Crippen molar-refractivity contribution in [2.45, 2.75) is 36.0 Å². The first kappa shape index (κ1) is 18.1. The van der Waals surface area contributed by atoms with Gasteiger partial charge in [0, 0.05) is 39.2 Å². The van der Waals surface area contributed by atoms with Crippen molar-refractivity contribution in [1.29, 1.82) is 0 Å². The number of aromatic nitrogens is 1. The number of thioether (sulfide) groups is 1. The standard InChI is InChI=1S/C20H20N2O3S2/c1-12-9-15-17(21-16-7-4-8-18(23)20(15)16)11-19(12)27(24,25)22-13-5-3-6-14(10-13)26-2/h3,5-6,9-11,21-22H,4,7-8H2,1-2H3. The van der Waals surface area contributed by atoms with E-state index >= 15 is 0 Å². The minimum Gasteiger partial charge on any atom is -0.358 e. The summed E-state index contributed by atoms with van der Waals surface area (Å²) in [5, 5.41) is 0.815. The Morgan fingerprint density at radius 2 is 1.96 bits per heavy atom. The largest absolute Gasteiger partial charge is 0.358 e. The Balaban J connectivity index is 1.78. The van der Waals surface area contributed by atoms with Crippen molar-refractivity contribution in [3.63, 3.8) is 0 Å². The van der Waals surface area contributed by atoms with E-state index in [0.717, 1.165) is 34.4 Å². The molecule has 5 nitrogen and oxygen atoms in total. The predicted octanol–water partition coefficient (Wildman–Crippen LogP) is 4.52. The molecule has 2 aromatic carbocycles. The van der Waals surface area contributed by atoms with E-state index in [2.05, 4.69) is 9.71 Å². The van der Waals surface area contributed by atoms with Crippen molar-refractivity contribution in [2.24, 2.45) is 0 Å². The Bertz CT molecular complexity index is 1160. The monoisotopic (exact) mass is 400 g/mol. The second-order valence-electron chi connectivity index (χ2n) is 6.76. The molecule has 1 heterocycles. The second kappa shape index (κ2) is 6.73. The fraction of sp³-hybridized carbons (Fsp3) is 0.250. The van der Waals surface area contributed by atoms with Gasteiger partial charge in [-0.15, -0.1) is 11.8 Å². The number of sulfonamides is 1. The van der Waals surface area contributed by atoms with Gasteiger partial charge >= 0.3 is 0 Å². The van der Waals surface area contributed by atoms with Crippen molar-refractivity contribution in [3.8, 4) is 0 Å². The van der Waals surface area contributed by atoms with E-state index in [1.807, 2.05) is 24.5 Å². The van der Waals surface area contributed by atoms with Crippen LogP contribution < -0.4 is 4.72 Å². The molecule has 4 rings (SSSR count). The number of benzene rings is 2. The summed E-state index contributed by atoms with van der Waals surface area (Å²) in [5.41, 5.74) is 3.48. The van der Waals surface area contributed by atoms with E-state index in [9.17, 15) is 13.2 Å². The Hall–Kier alpha value is -2.25. The summed E-state index contributed by atoms with van der Waals surface area (Å²) in [5.74, 6) is 0.129. The highest BCUT2D eigenvalue weighted by Gasteiger charge is 2.25. The third-order valence-corrected chi connectivity index (χ3v) is 7.14. The molecule has 0 bridgehead atoms. The van der Waals surface area contributed by atoms with Gasteiger partial charge in [0.05, 0.1) is 4.90 Å². The average Bonchev–Trinajstić information content (AvgIpc) is 2.99. The Morgan fingerprint density at radius 1 is 1.15 bits per heavy atom. The number of nitrogens with one attached hydrogen (secondary N) is 2. The molecule has 1 aliphatic rings. The zero-order valence-electron chi connectivity index (χ0n) is 15.1. The van der Waals surface area contributed by atoms with E-state index in [-0.39, 0.29) is 10.7 Å². The number of rotatable bonds is 4. The molecule has 0 amide bonds. The molecule has 0 fully saturated rings. The molecular weight excluding hydrogens is 380 g/mol. The molecule has 1 aliphatic carbocycles. The maximum atomic E-state index is 13.0. The summed E-state index contributed by atoms with van der Waals surface area (Å²) in [4.78, 5) is 16.8. The number of fused-ring (bicyclic) bond motifs is 3. The number of hydrogen-bond donors (Lipinski definition) is 2. The van der Waals surface area contributed by atoms with Gasteiger partial charge < -0.3 is 4.98 Å². The molecule has 2 N–H and O–H groups in total. The second-order valence-corrected chi connectivity index (χ2v) is 9.29. The fourth-order valence-electron chi connectivity index (χ4n) is 3.63. The van der Waals surface area contributed by atoms with Crippen LogP contribution in [0.15, 0.2) is 46.2 Å². The van der Waals surface area contributed by atoms with Crippen LogP contribution in [0.25, 0.3) is 10.9 Å². The van der Waals surface area contributed by atoms with Crippen molar-refractivity contribution in [1.82, 2.24) is 4.98 Å². The molecular formula is C20H20N2O3S2. The first-order chi connectivity index (χ1) is 12.9. The molecule has 0 atom stereocenters. The van der Waals surface area contributed by atoms with Gasteiger partial charge in [0.25, 0.3) is 10.0 Å². The summed E-state index contributed by atoms with van der Waals surface area (Å²) in [7, 11) is -3.74. The number of anilines is 1. The maximum Gasteiger partial charge on any atom is 0.262 e. The van der Waals surface area contributed by atoms with Crippen molar-refractivity contribution < 1.29 is 13.2 Å². The number of ketones is 1. The van der Waals surface area contributed by atoms with Gasteiger partial charge in [-0.05, 0) is 61.9 Å². The Labute approximate surface area is 162 Å². The van der Waals surface area contributed by atoms with E-state index in [4.69, 9.17) is 0 Å². The lowest BCUT2D eigenvalue weighted by Crippen LogP contribution is -2.14. The summed E-state index contributed by atoms with van der Waals surface area (Å²) in [6.07, 6.45) is 4.14. The average molecular weight is 401 g/mol. The third kappa shape index (κ3) is 3.26. The first-order valence-electron chi connectivity index (χ1n) is 8.74. The van der Waals surface area contributed by atoms with Gasteiger partial charge in [0.1, 0.15) is 0 Å². The topological polar surface area (TPSA) is 79.0 Å². The SMILES string of the molecule is CSc1cccc(NS(=O)(=O)c2cc3[nH]c4c(c3cc2C)C(=O)CCC4)c1. The van der Waals surface area contributed by atoms with Crippen molar-refractivity contribution in [3.05, 3.63) is 53.2 Å². The number of hydrogen-bond acceptors (Lipinski definition) is 4. The van der Waals surface area contributed by atoms with E-state index in [1.54, 1.807) is 36.9 Å². The Morgan fingerprint density at radius 3 is 2.74 bits per heavy atom. The number of aromatic amines is 1. The van der Waals surface area contributed by atoms with Crippen molar-refractivity contribution >= 4 is 44.2 Å². The number of carbonyl (C=O) groups is 1. The van der Waals surface area contributed by atoms with Crippen molar-refractivity contribution in [2.75, 3.05) is 11.0 Å². The molecule has 0 unspecified atom stereocenters. The third-order valence-electron chi connectivity index (χ3n) is 4.89. The molecule has 0 aliphatic heterocycles. The van der Waals surface area contributed by atoms with Crippen LogP contribution in [0.5, 0.6) is 0 Å². The number of H-pyrrole nitrogens is 1. The van der Waals surface area contributed by atoms with E-state index in [1.165, 1.54) is 0 Å². The summed E-state index contributed by atoms with van der Waals surface area (Å²) < 4.78 is 28.6. The van der Waals surface area contributed by atoms with Crippen LogP contribution in [0.3, 0.4) is 0 Å². The van der Waals surface area contributed by atoms with Gasteiger partial charge in [0.2, 0.25) is 0 Å². The van der Waals surface area contributed by atoms with Crippen LogP contribution in [-0.4, -0.2) is 25.4 Å². The molecule has 0 spiro atoms. The molecule has 0 saturated heterocycles. The normalized spacial score (nSPS) is 14.4. The smallest absolute Gasteiger partial charge is 0.262 e. The summed E-state index contributed by atoms with van der Waals surface area (Å²) >= 11 is 1.55. The molecule has 0 radical (unpaired) electrons. The van der Waals surface area contributed by atoms with Gasteiger partial charge in [-0.2, -0.15) is 0 Å². The van der Waals surface area contributed by atoms with Gasteiger partial charge in [0.15, 0.2) is 5.78 Å². The highest BCUT2D eigenvalue weighted by Crippen LogP contribution is 2.33.